The van der Waals surface area contributed by atoms with E-state index in [0.29, 0.717) is 6.54 Å². The summed E-state index contributed by atoms with van der Waals surface area (Å²) in [5, 5.41) is 0. The molecule has 0 aromatic carbocycles. The SMILES string of the molecule is CS(=O)(=O)NC[C@H]1CCCCN1C(=O)/C=C\c1ccncc1. The Bertz CT molecular complexity index is 629. The normalized spacial score (nSPS) is 19.5. The zero-order valence-electron chi connectivity index (χ0n) is 12.6. The van der Waals surface area contributed by atoms with Crippen molar-refractivity contribution in [2.45, 2.75) is 25.3 Å². The van der Waals surface area contributed by atoms with E-state index in [0.717, 1.165) is 31.1 Å². The maximum absolute atomic E-state index is 12.4. The molecule has 0 unspecified atom stereocenters. The van der Waals surface area contributed by atoms with Crippen LogP contribution in [0.5, 0.6) is 0 Å². The molecule has 0 spiro atoms. The molecule has 1 aromatic rings. The minimum atomic E-state index is -3.24. The Hall–Kier alpha value is -1.73. The van der Waals surface area contributed by atoms with Crippen LogP contribution in [0.4, 0.5) is 0 Å². The summed E-state index contributed by atoms with van der Waals surface area (Å²) in [6, 6.07) is 3.56. The summed E-state index contributed by atoms with van der Waals surface area (Å²) >= 11 is 0. The molecule has 2 heterocycles. The van der Waals surface area contributed by atoms with Crippen molar-refractivity contribution in [1.82, 2.24) is 14.6 Å². The maximum Gasteiger partial charge on any atom is 0.246 e. The standard InChI is InChI=1S/C15H21N3O3S/c1-22(20,21)17-12-14-4-2-3-11-18(14)15(19)6-5-13-7-9-16-10-8-13/h5-10,14,17H,2-4,11-12H2,1H3/b6-5-/t14-/m1/s1. The van der Waals surface area contributed by atoms with Crippen LogP contribution in [0.25, 0.3) is 6.08 Å². The van der Waals surface area contributed by atoms with E-state index in [-0.39, 0.29) is 18.5 Å². The molecule has 6 nitrogen and oxygen atoms in total. The van der Waals surface area contributed by atoms with Gasteiger partial charge >= 0.3 is 0 Å². The van der Waals surface area contributed by atoms with Crippen LogP contribution in [0, 0.1) is 0 Å². The number of aromatic nitrogens is 1. The Balaban J connectivity index is 2.00. The number of likely N-dealkylation sites (tertiary alicyclic amines) is 1. The maximum atomic E-state index is 12.4. The molecule has 1 atom stereocenters. The van der Waals surface area contributed by atoms with Gasteiger partial charge in [-0.05, 0) is 43.0 Å². The number of nitrogens with zero attached hydrogens (tertiary/aromatic N) is 2. The summed E-state index contributed by atoms with van der Waals surface area (Å²) in [4.78, 5) is 18.0. The van der Waals surface area contributed by atoms with Crippen LogP contribution in [-0.4, -0.2) is 49.6 Å². The van der Waals surface area contributed by atoms with Gasteiger partial charge in [0.25, 0.3) is 0 Å². The van der Waals surface area contributed by atoms with Gasteiger partial charge in [0.15, 0.2) is 0 Å². The molecule has 1 aliphatic rings. The fourth-order valence-electron chi connectivity index (χ4n) is 2.49. The van der Waals surface area contributed by atoms with E-state index in [4.69, 9.17) is 0 Å². The highest BCUT2D eigenvalue weighted by molar-refractivity contribution is 7.88. The van der Waals surface area contributed by atoms with Crippen molar-refractivity contribution in [1.29, 1.82) is 0 Å². The number of carbonyl (C=O) groups is 1. The first-order chi connectivity index (χ1) is 10.5. The van der Waals surface area contributed by atoms with Crippen LogP contribution in [-0.2, 0) is 14.8 Å². The van der Waals surface area contributed by atoms with Gasteiger partial charge in [0, 0.05) is 37.6 Å². The van der Waals surface area contributed by atoms with Gasteiger partial charge in [-0.1, -0.05) is 0 Å². The van der Waals surface area contributed by atoms with Crippen LogP contribution in [0.2, 0.25) is 0 Å². The van der Waals surface area contributed by atoms with Gasteiger partial charge in [-0.2, -0.15) is 0 Å². The molecule has 1 saturated heterocycles. The molecular weight excluding hydrogens is 302 g/mol. The van der Waals surface area contributed by atoms with Crippen molar-refractivity contribution in [2.24, 2.45) is 0 Å². The van der Waals surface area contributed by atoms with Crippen LogP contribution in [0.15, 0.2) is 30.6 Å². The molecule has 22 heavy (non-hydrogen) atoms. The largest absolute Gasteiger partial charge is 0.335 e. The van der Waals surface area contributed by atoms with Crippen LogP contribution in [0.1, 0.15) is 24.8 Å². The van der Waals surface area contributed by atoms with E-state index >= 15 is 0 Å². The second kappa shape index (κ2) is 7.51. The van der Waals surface area contributed by atoms with E-state index in [1.54, 1.807) is 23.4 Å². The molecule has 1 N–H and O–H groups in total. The number of nitrogens with one attached hydrogen (secondary N) is 1. The van der Waals surface area contributed by atoms with Gasteiger partial charge in [-0.15, -0.1) is 0 Å². The van der Waals surface area contributed by atoms with Crippen molar-refractivity contribution in [2.75, 3.05) is 19.3 Å². The molecular formula is C15H21N3O3S. The van der Waals surface area contributed by atoms with E-state index in [2.05, 4.69) is 9.71 Å². The van der Waals surface area contributed by atoms with Crippen molar-refractivity contribution in [3.8, 4) is 0 Å². The summed E-state index contributed by atoms with van der Waals surface area (Å²) in [6.07, 6.45) is 10.5. The molecule has 120 valence electrons. The fraction of sp³-hybridized carbons (Fsp3) is 0.467. The van der Waals surface area contributed by atoms with Gasteiger partial charge in [0.05, 0.1) is 6.26 Å². The van der Waals surface area contributed by atoms with Crippen molar-refractivity contribution < 1.29 is 13.2 Å². The number of pyridine rings is 1. The lowest BCUT2D eigenvalue weighted by Crippen LogP contribution is -2.48. The third-order valence-corrected chi connectivity index (χ3v) is 4.31. The Morgan fingerprint density at radius 3 is 2.82 bits per heavy atom. The summed E-state index contributed by atoms with van der Waals surface area (Å²) in [6.45, 7) is 0.934. The Morgan fingerprint density at radius 1 is 1.41 bits per heavy atom. The second-order valence-electron chi connectivity index (χ2n) is 5.42. The third kappa shape index (κ3) is 5.23. The number of hydrogen-bond acceptors (Lipinski definition) is 4. The van der Waals surface area contributed by atoms with Crippen LogP contribution < -0.4 is 4.72 Å². The first-order valence-corrected chi connectivity index (χ1v) is 9.18. The zero-order chi connectivity index (χ0) is 16.0. The minimum absolute atomic E-state index is 0.0851. The molecule has 0 aliphatic carbocycles. The van der Waals surface area contributed by atoms with Gasteiger partial charge in [0.2, 0.25) is 15.9 Å². The molecule has 0 saturated carbocycles. The lowest BCUT2D eigenvalue weighted by atomic mass is 10.0. The first-order valence-electron chi connectivity index (χ1n) is 7.29. The predicted octanol–water partition coefficient (Wildman–Crippen LogP) is 1.03. The Kier molecular flexibility index (Phi) is 5.68. The average Bonchev–Trinajstić information content (AvgIpc) is 2.51. The second-order valence-corrected chi connectivity index (χ2v) is 7.25. The minimum Gasteiger partial charge on any atom is -0.335 e. The average molecular weight is 323 g/mol. The zero-order valence-corrected chi connectivity index (χ0v) is 13.4. The Labute approximate surface area is 131 Å². The van der Waals surface area contributed by atoms with E-state index < -0.39 is 10.0 Å². The number of hydrogen-bond donors (Lipinski definition) is 1. The topological polar surface area (TPSA) is 79.4 Å². The quantitative estimate of drug-likeness (QED) is 0.821. The highest BCUT2D eigenvalue weighted by atomic mass is 32.2. The van der Waals surface area contributed by atoms with Crippen LogP contribution >= 0.6 is 0 Å². The monoisotopic (exact) mass is 323 g/mol. The lowest BCUT2D eigenvalue weighted by Gasteiger charge is -2.35. The lowest BCUT2D eigenvalue weighted by molar-refractivity contribution is -0.129. The highest BCUT2D eigenvalue weighted by Gasteiger charge is 2.25. The van der Waals surface area contributed by atoms with Crippen molar-refractivity contribution in [3.63, 3.8) is 0 Å². The number of carbonyl (C=O) groups excluding carboxylic acids is 1. The van der Waals surface area contributed by atoms with Crippen molar-refractivity contribution >= 4 is 22.0 Å². The highest BCUT2D eigenvalue weighted by Crippen LogP contribution is 2.17. The number of piperidine rings is 1. The molecule has 2 rings (SSSR count). The number of amides is 1. The first kappa shape index (κ1) is 16.6. The van der Waals surface area contributed by atoms with Gasteiger partial charge in [-0.25, -0.2) is 13.1 Å². The van der Waals surface area contributed by atoms with Crippen LogP contribution in [0.3, 0.4) is 0 Å². The summed E-state index contributed by atoms with van der Waals surface area (Å²) in [7, 11) is -3.24. The van der Waals surface area contributed by atoms with Gasteiger partial charge < -0.3 is 4.90 Å². The van der Waals surface area contributed by atoms with Gasteiger partial charge in [0.1, 0.15) is 0 Å². The molecule has 0 radical (unpaired) electrons. The van der Waals surface area contributed by atoms with Gasteiger partial charge in [-0.3, -0.25) is 9.78 Å². The van der Waals surface area contributed by atoms with E-state index in [9.17, 15) is 13.2 Å². The van der Waals surface area contributed by atoms with E-state index in [1.807, 2.05) is 12.1 Å². The predicted molar refractivity (Wildman–Crippen MR) is 85.5 cm³/mol. The smallest absolute Gasteiger partial charge is 0.246 e. The number of rotatable bonds is 5. The molecule has 0 bridgehead atoms. The summed E-state index contributed by atoms with van der Waals surface area (Å²) < 4.78 is 24.9. The summed E-state index contributed by atoms with van der Waals surface area (Å²) in [5.74, 6) is -0.0863. The Morgan fingerprint density at radius 2 is 2.14 bits per heavy atom. The molecule has 7 heteroatoms. The number of sulfonamides is 1. The molecule has 1 aliphatic heterocycles. The fourth-order valence-corrected chi connectivity index (χ4v) is 2.98. The van der Waals surface area contributed by atoms with E-state index in [1.165, 1.54) is 6.08 Å². The molecule has 1 aromatic heterocycles. The molecule has 1 amide bonds. The molecule has 1 fully saturated rings. The van der Waals surface area contributed by atoms with Crippen molar-refractivity contribution in [3.05, 3.63) is 36.2 Å². The summed E-state index contributed by atoms with van der Waals surface area (Å²) in [5.41, 5.74) is 0.908. The third-order valence-electron chi connectivity index (χ3n) is 3.62.